The van der Waals surface area contributed by atoms with Gasteiger partial charge < -0.3 is 15.5 Å². The molecular formula is C22H27N5O2S. The fraction of sp³-hybridized carbons (Fsp3) is 0.318. The third-order valence-corrected chi connectivity index (χ3v) is 5.49. The molecular weight excluding hydrogens is 398 g/mol. The van der Waals surface area contributed by atoms with Crippen LogP contribution in [0.5, 0.6) is 5.75 Å². The first-order valence-corrected chi connectivity index (χ1v) is 10.7. The number of rotatable bonds is 8. The van der Waals surface area contributed by atoms with Crippen LogP contribution in [0.3, 0.4) is 0 Å². The lowest BCUT2D eigenvalue weighted by atomic mass is 10.1. The third kappa shape index (κ3) is 5.13. The molecule has 158 valence electrons. The number of carbonyl (C=O) groups is 1. The quantitative estimate of drug-likeness (QED) is 0.437. The van der Waals surface area contributed by atoms with Crippen molar-refractivity contribution in [2.24, 2.45) is 0 Å². The van der Waals surface area contributed by atoms with Gasteiger partial charge in [0, 0.05) is 11.7 Å². The Kier molecular flexibility index (Phi) is 6.99. The molecule has 0 spiro atoms. The second kappa shape index (κ2) is 9.67. The molecule has 1 amide bonds. The van der Waals surface area contributed by atoms with Gasteiger partial charge in [-0.2, -0.15) is 0 Å². The van der Waals surface area contributed by atoms with Gasteiger partial charge in [0.25, 0.3) is 0 Å². The zero-order valence-corrected chi connectivity index (χ0v) is 18.5. The lowest BCUT2D eigenvalue weighted by molar-refractivity contribution is -0.116. The summed E-state index contributed by atoms with van der Waals surface area (Å²) in [5.74, 6) is 7.60. The van der Waals surface area contributed by atoms with Crippen molar-refractivity contribution in [2.75, 3.05) is 16.5 Å². The Balaban J connectivity index is 1.62. The normalized spacial score (nSPS) is 11.0. The Morgan fingerprint density at radius 2 is 1.90 bits per heavy atom. The maximum Gasteiger partial charge on any atom is 0.237 e. The molecule has 0 unspecified atom stereocenters. The minimum absolute atomic E-state index is 0.0164. The maximum atomic E-state index is 12.8. The molecule has 0 aliphatic carbocycles. The smallest absolute Gasteiger partial charge is 0.237 e. The van der Waals surface area contributed by atoms with Crippen molar-refractivity contribution in [2.45, 2.75) is 45.5 Å². The molecule has 1 heterocycles. The van der Waals surface area contributed by atoms with E-state index in [1.807, 2.05) is 70.2 Å². The molecule has 0 bridgehead atoms. The Hall–Kier alpha value is -3.00. The van der Waals surface area contributed by atoms with E-state index in [9.17, 15) is 4.79 Å². The van der Waals surface area contributed by atoms with Crippen LogP contribution < -0.4 is 15.5 Å². The van der Waals surface area contributed by atoms with Crippen LogP contribution in [-0.4, -0.2) is 32.6 Å². The molecule has 2 N–H and O–H groups in total. The van der Waals surface area contributed by atoms with E-state index in [-0.39, 0.29) is 24.3 Å². The van der Waals surface area contributed by atoms with Gasteiger partial charge in [-0.05, 0) is 51.5 Å². The Morgan fingerprint density at radius 1 is 1.17 bits per heavy atom. The number of ether oxygens (including phenoxy) is 1. The number of carbonyl (C=O) groups excluding carboxylic acids is 1. The van der Waals surface area contributed by atoms with Crippen LogP contribution in [0.4, 0.5) is 5.69 Å². The minimum atomic E-state index is -0.0164. The number of para-hydroxylation sites is 1. The molecule has 0 saturated carbocycles. The summed E-state index contributed by atoms with van der Waals surface area (Å²) in [5.41, 5.74) is 3.10. The van der Waals surface area contributed by atoms with Crippen LogP contribution in [0.25, 0.3) is 0 Å². The number of nitrogen functional groups attached to an aromatic ring is 1. The highest BCUT2D eigenvalue weighted by atomic mass is 32.2. The van der Waals surface area contributed by atoms with E-state index < -0.39 is 0 Å². The van der Waals surface area contributed by atoms with E-state index in [2.05, 4.69) is 16.3 Å². The van der Waals surface area contributed by atoms with Gasteiger partial charge in [-0.25, -0.2) is 4.68 Å². The number of anilines is 1. The van der Waals surface area contributed by atoms with Gasteiger partial charge in [0.15, 0.2) is 5.82 Å². The van der Waals surface area contributed by atoms with Crippen molar-refractivity contribution in [1.82, 2.24) is 14.9 Å². The number of nitrogens with zero attached hydrogens (tertiary/aromatic N) is 4. The van der Waals surface area contributed by atoms with Crippen LogP contribution in [0.1, 0.15) is 30.8 Å². The number of benzene rings is 2. The number of aromatic nitrogens is 3. The molecule has 30 heavy (non-hydrogen) atoms. The number of hydrogen-bond acceptors (Lipinski definition) is 6. The summed E-state index contributed by atoms with van der Waals surface area (Å²) in [4.78, 5) is 14.6. The second-order valence-corrected chi connectivity index (χ2v) is 8.25. The summed E-state index contributed by atoms with van der Waals surface area (Å²) >= 11 is 1.26. The fourth-order valence-corrected chi connectivity index (χ4v) is 3.86. The molecule has 0 aliphatic heterocycles. The molecule has 3 rings (SSSR count). The highest BCUT2D eigenvalue weighted by Gasteiger charge is 2.20. The number of thioether (sulfide) groups is 1. The maximum absolute atomic E-state index is 12.8. The van der Waals surface area contributed by atoms with Gasteiger partial charge in [-0.1, -0.05) is 47.7 Å². The molecule has 3 aromatic rings. The average molecular weight is 426 g/mol. The fourth-order valence-electron chi connectivity index (χ4n) is 3.12. The van der Waals surface area contributed by atoms with Crippen molar-refractivity contribution < 1.29 is 9.53 Å². The third-order valence-electron chi connectivity index (χ3n) is 4.57. The lowest BCUT2D eigenvalue weighted by Gasteiger charge is -2.26. The van der Waals surface area contributed by atoms with Crippen LogP contribution in [0.15, 0.2) is 53.7 Å². The number of amides is 1. The van der Waals surface area contributed by atoms with Crippen molar-refractivity contribution >= 4 is 23.4 Å². The molecule has 0 atom stereocenters. The van der Waals surface area contributed by atoms with Crippen molar-refractivity contribution in [3.8, 4) is 5.75 Å². The molecule has 0 saturated heterocycles. The van der Waals surface area contributed by atoms with E-state index >= 15 is 0 Å². The Morgan fingerprint density at radius 3 is 2.57 bits per heavy atom. The van der Waals surface area contributed by atoms with E-state index in [1.165, 1.54) is 22.0 Å². The van der Waals surface area contributed by atoms with Crippen molar-refractivity contribution in [3.05, 3.63) is 65.5 Å². The van der Waals surface area contributed by atoms with E-state index in [1.54, 1.807) is 4.90 Å². The average Bonchev–Trinajstić information content (AvgIpc) is 3.06. The monoisotopic (exact) mass is 425 g/mol. The highest BCUT2D eigenvalue weighted by Crippen LogP contribution is 2.22. The number of hydrogen-bond donors (Lipinski definition) is 1. The van der Waals surface area contributed by atoms with Gasteiger partial charge in [0.05, 0.1) is 5.75 Å². The largest absolute Gasteiger partial charge is 0.485 e. The van der Waals surface area contributed by atoms with Crippen LogP contribution in [-0.2, 0) is 11.4 Å². The van der Waals surface area contributed by atoms with Gasteiger partial charge in [-0.3, -0.25) is 4.79 Å². The second-order valence-electron chi connectivity index (χ2n) is 7.31. The zero-order chi connectivity index (χ0) is 21.7. The van der Waals surface area contributed by atoms with Crippen LogP contribution in [0.2, 0.25) is 0 Å². The Labute approximate surface area is 181 Å². The molecule has 1 aromatic heterocycles. The van der Waals surface area contributed by atoms with Crippen LogP contribution >= 0.6 is 11.8 Å². The van der Waals surface area contributed by atoms with E-state index in [0.717, 1.165) is 17.0 Å². The first kappa shape index (κ1) is 21.7. The molecule has 0 radical (unpaired) electrons. The number of aryl methyl sites for hydroxylation is 2. The standard InChI is InChI=1S/C22H27N5O2S/c1-15(2)26(18-8-6-5-7-9-18)21(28)14-30-22-25-24-20(27(22)23)13-29-19-11-10-16(3)12-17(19)4/h5-12,15H,13-14,23H2,1-4H3. The zero-order valence-electron chi connectivity index (χ0n) is 17.7. The SMILES string of the molecule is Cc1ccc(OCc2nnc(SCC(=O)N(c3ccccc3)C(C)C)n2N)c(C)c1. The first-order chi connectivity index (χ1) is 14.4. The van der Waals surface area contributed by atoms with Crippen LogP contribution in [0, 0.1) is 13.8 Å². The topological polar surface area (TPSA) is 86.3 Å². The molecule has 2 aromatic carbocycles. The van der Waals surface area contributed by atoms with Crippen molar-refractivity contribution in [1.29, 1.82) is 0 Å². The summed E-state index contributed by atoms with van der Waals surface area (Å²) in [6.07, 6.45) is 0. The van der Waals surface area contributed by atoms with Gasteiger partial charge >= 0.3 is 0 Å². The van der Waals surface area contributed by atoms with Crippen molar-refractivity contribution in [3.63, 3.8) is 0 Å². The van der Waals surface area contributed by atoms with E-state index in [0.29, 0.717) is 11.0 Å². The summed E-state index contributed by atoms with van der Waals surface area (Å²) < 4.78 is 7.22. The predicted octanol–water partition coefficient (Wildman–Crippen LogP) is 3.72. The molecule has 8 heteroatoms. The van der Waals surface area contributed by atoms with E-state index in [4.69, 9.17) is 10.6 Å². The number of nitrogens with two attached hydrogens (primary N) is 1. The summed E-state index contributed by atoms with van der Waals surface area (Å²) in [5, 5.41) is 8.70. The summed E-state index contributed by atoms with van der Waals surface area (Å²) in [6, 6.07) is 15.6. The first-order valence-electron chi connectivity index (χ1n) is 9.76. The van der Waals surface area contributed by atoms with Gasteiger partial charge in [0.1, 0.15) is 12.4 Å². The predicted molar refractivity (Wildman–Crippen MR) is 120 cm³/mol. The highest BCUT2D eigenvalue weighted by molar-refractivity contribution is 7.99. The summed E-state index contributed by atoms with van der Waals surface area (Å²) in [7, 11) is 0. The molecule has 7 nitrogen and oxygen atoms in total. The molecule has 0 fully saturated rings. The minimum Gasteiger partial charge on any atom is -0.485 e. The lowest BCUT2D eigenvalue weighted by Crippen LogP contribution is -2.38. The Bertz CT molecular complexity index is 1000. The van der Waals surface area contributed by atoms with Gasteiger partial charge in [0.2, 0.25) is 11.1 Å². The summed E-state index contributed by atoms with van der Waals surface area (Å²) in [6.45, 7) is 8.21. The molecule has 0 aliphatic rings. The van der Waals surface area contributed by atoms with Gasteiger partial charge in [-0.15, -0.1) is 10.2 Å².